The molecule has 0 saturated carbocycles. The first-order chi connectivity index (χ1) is 11.7. The van der Waals surface area contributed by atoms with Crippen molar-refractivity contribution in [2.24, 2.45) is 0 Å². The van der Waals surface area contributed by atoms with Crippen LogP contribution in [0.5, 0.6) is 0 Å². The average molecular weight is 566 g/mol. The molecule has 3 aromatic heterocycles. The van der Waals surface area contributed by atoms with Crippen LogP contribution in [0, 0.1) is 0 Å². The maximum Gasteiger partial charge on any atom is 0.0267 e. The molecule has 4 nitrogen and oxygen atoms in total. The van der Waals surface area contributed by atoms with Gasteiger partial charge in [-0.15, -0.1) is 0 Å². The van der Waals surface area contributed by atoms with Crippen molar-refractivity contribution < 1.29 is 18.6 Å². The molecule has 0 atom stereocenters. The second kappa shape index (κ2) is 18.3. The van der Waals surface area contributed by atoms with Crippen LogP contribution in [0.25, 0.3) is 0 Å². The largest absolute Gasteiger partial charge is 0.265 e. The molecule has 0 fully saturated rings. The van der Waals surface area contributed by atoms with Gasteiger partial charge in [0.05, 0.1) is 6.61 Å². The number of aliphatic hydroxyl groups is 1. The fraction of sp³-hybridized carbons (Fsp3) is 0.0625. The average Bonchev–Trinajstić information content (AvgIpc) is 2.66. The second-order valence-electron chi connectivity index (χ2n) is 3.71. The molecule has 132 valence electrons. The maximum atomic E-state index is 8.50. The molecule has 1 N–H and O–H groups in total. The van der Waals surface area contributed by atoms with Gasteiger partial charge in [-0.05, 0) is 35.9 Å². The molecular formula is C16H17Cl3IrN3O. The number of nitrogens with zero attached hydrogens (tertiary/aromatic N) is 3. The SMILES string of the molecule is OCc1cccnc1.[Cl][Ir]([Cl])[Cl].c1ccncc1.c1ccncc1. The van der Waals surface area contributed by atoms with Crippen LogP contribution in [0.15, 0.2) is 85.7 Å². The summed E-state index contributed by atoms with van der Waals surface area (Å²) >= 11 is -1.92. The molecule has 3 heterocycles. The number of hydrogen-bond acceptors (Lipinski definition) is 4. The predicted molar refractivity (Wildman–Crippen MR) is 96.2 cm³/mol. The number of aromatic nitrogens is 3. The van der Waals surface area contributed by atoms with E-state index in [0.29, 0.717) is 0 Å². The Morgan fingerprint density at radius 1 is 0.708 bits per heavy atom. The van der Waals surface area contributed by atoms with Gasteiger partial charge < -0.3 is 5.11 Å². The first-order valence-electron chi connectivity index (χ1n) is 6.51. The molecule has 3 rings (SSSR count). The second-order valence-corrected chi connectivity index (χ2v) is 14.1. The third kappa shape index (κ3) is 19.0. The van der Waals surface area contributed by atoms with Crippen molar-refractivity contribution in [1.82, 2.24) is 15.0 Å². The Bertz CT molecular complexity index is 490. The molecule has 0 aliphatic heterocycles. The van der Waals surface area contributed by atoms with Gasteiger partial charge in [0.25, 0.3) is 0 Å². The summed E-state index contributed by atoms with van der Waals surface area (Å²) in [5.41, 5.74) is 0.854. The molecule has 0 saturated heterocycles. The molecule has 8 heteroatoms. The van der Waals surface area contributed by atoms with Crippen molar-refractivity contribution in [2.45, 2.75) is 6.61 Å². The van der Waals surface area contributed by atoms with E-state index in [-0.39, 0.29) is 6.61 Å². The summed E-state index contributed by atoms with van der Waals surface area (Å²) in [6, 6.07) is 15.1. The molecule has 0 aliphatic rings. The van der Waals surface area contributed by atoms with Gasteiger partial charge in [0.15, 0.2) is 0 Å². The summed E-state index contributed by atoms with van der Waals surface area (Å²) in [6.45, 7) is 0.0772. The smallest absolute Gasteiger partial charge is 0.0267 e. The number of halogens is 3. The molecule has 0 unspecified atom stereocenters. The van der Waals surface area contributed by atoms with Crippen LogP contribution in [-0.4, -0.2) is 20.1 Å². The zero-order valence-electron chi connectivity index (χ0n) is 12.5. The van der Waals surface area contributed by atoms with Crippen molar-refractivity contribution >= 4 is 28.8 Å². The zero-order valence-corrected chi connectivity index (χ0v) is 17.2. The van der Waals surface area contributed by atoms with Crippen LogP contribution in [0.4, 0.5) is 0 Å². The molecule has 0 spiro atoms. The van der Waals surface area contributed by atoms with Crippen molar-refractivity contribution in [3.63, 3.8) is 0 Å². The van der Waals surface area contributed by atoms with E-state index in [1.807, 2.05) is 42.5 Å². The van der Waals surface area contributed by atoms with Gasteiger partial charge in [0, 0.05) is 37.2 Å². The summed E-state index contributed by atoms with van der Waals surface area (Å²) in [5, 5.41) is 8.50. The first-order valence-corrected chi connectivity index (χ1v) is 15.4. The number of aliphatic hydroxyl groups excluding tert-OH is 1. The standard InChI is InChI=1S/C6H7NO.2C5H5N.3ClH.Ir/c8-5-6-2-1-3-7-4-6;2*1-2-4-6-5-3-1;;;;/h1-4,8H,5H2;2*1-5H;3*1H;/q;;;;;;+3/p-3. The summed E-state index contributed by atoms with van der Waals surface area (Å²) in [6.07, 6.45) is 10.3. The minimum atomic E-state index is -1.92. The molecule has 0 bridgehead atoms. The van der Waals surface area contributed by atoms with Gasteiger partial charge in [-0.1, -0.05) is 18.2 Å². The van der Waals surface area contributed by atoms with Gasteiger partial charge in [-0.3, -0.25) is 15.0 Å². The quantitative estimate of drug-likeness (QED) is 0.460. The van der Waals surface area contributed by atoms with E-state index in [1.165, 1.54) is 0 Å². The van der Waals surface area contributed by atoms with E-state index in [1.54, 1.807) is 43.2 Å². The molecule has 24 heavy (non-hydrogen) atoms. The van der Waals surface area contributed by atoms with E-state index >= 15 is 0 Å². The van der Waals surface area contributed by atoms with Gasteiger partial charge in [0.2, 0.25) is 0 Å². The monoisotopic (exact) mass is 565 g/mol. The molecule has 0 aliphatic carbocycles. The van der Waals surface area contributed by atoms with Crippen LogP contribution < -0.4 is 0 Å². The van der Waals surface area contributed by atoms with Crippen LogP contribution in [0.3, 0.4) is 0 Å². The van der Waals surface area contributed by atoms with Crippen LogP contribution in [-0.2, 0) is 20.1 Å². The third-order valence-electron chi connectivity index (χ3n) is 2.04. The summed E-state index contributed by atoms with van der Waals surface area (Å²) < 4.78 is 0. The third-order valence-corrected chi connectivity index (χ3v) is 2.04. The summed E-state index contributed by atoms with van der Waals surface area (Å²) in [5.74, 6) is 0. The Balaban J connectivity index is 0.000000303. The van der Waals surface area contributed by atoms with E-state index in [4.69, 9.17) is 33.9 Å². The Hall–Kier alpha value is -1.07. The van der Waals surface area contributed by atoms with E-state index in [0.717, 1.165) is 5.56 Å². The summed E-state index contributed by atoms with van der Waals surface area (Å²) in [7, 11) is 14.9. The fourth-order valence-electron chi connectivity index (χ4n) is 1.12. The normalized spacial score (nSPS) is 8.92. The van der Waals surface area contributed by atoms with Crippen LogP contribution >= 0.6 is 28.8 Å². The first kappa shape index (κ1) is 22.9. The molecule has 0 radical (unpaired) electrons. The van der Waals surface area contributed by atoms with Crippen LogP contribution in [0.2, 0.25) is 0 Å². The van der Waals surface area contributed by atoms with Crippen molar-refractivity contribution in [1.29, 1.82) is 0 Å². The van der Waals surface area contributed by atoms with Crippen molar-refractivity contribution in [2.75, 3.05) is 0 Å². The molecule has 0 aromatic carbocycles. The number of rotatable bonds is 1. The van der Waals surface area contributed by atoms with E-state index in [2.05, 4.69) is 15.0 Å². The van der Waals surface area contributed by atoms with Gasteiger partial charge in [-0.2, -0.15) is 0 Å². The van der Waals surface area contributed by atoms with Gasteiger partial charge >= 0.3 is 42.2 Å². The van der Waals surface area contributed by atoms with Crippen molar-refractivity contribution in [3.05, 3.63) is 91.3 Å². The van der Waals surface area contributed by atoms with Crippen molar-refractivity contribution in [3.8, 4) is 0 Å². The van der Waals surface area contributed by atoms with Gasteiger partial charge in [-0.25, -0.2) is 0 Å². The predicted octanol–water partition coefficient (Wildman–Crippen LogP) is 4.80. The molecule has 0 amide bonds. The fourth-order valence-corrected chi connectivity index (χ4v) is 1.12. The molecular weight excluding hydrogens is 549 g/mol. The minimum Gasteiger partial charge on any atom is -0.265 e. The number of pyridine rings is 3. The summed E-state index contributed by atoms with van der Waals surface area (Å²) in [4.78, 5) is 11.4. The van der Waals surface area contributed by atoms with Crippen LogP contribution in [0.1, 0.15) is 5.56 Å². The molecule has 3 aromatic rings. The Morgan fingerprint density at radius 2 is 1.12 bits per heavy atom. The Labute approximate surface area is 159 Å². The topological polar surface area (TPSA) is 58.9 Å². The Morgan fingerprint density at radius 3 is 1.29 bits per heavy atom. The zero-order chi connectivity index (χ0) is 17.9. The number of hydrogen-bond donors (Lipinski definition) is 1. The Kier molecular flexibility index (Phi) is 17.5. The van der Waals surface area contributed by atoms with E-state index < -0.39 is 13.5 Å². The minimum absolute atomic E-state index is 0.0772. The van der Waals surface area contributed by atoms with E-state index in [9.17, 15) is 0 Å². The maximum absolute atomic E-state index is 8.50. The van der Waals surface area contributed by atoms with Gasteiger partial charge in [0.1, 0.15) is 0 Å².